The van der Waals surface area contributed by atoms with Gasteiger partial charge >= 0.3 is 5.97 Å². The first-order chi connectivity index (χ1) is 13.4. The molecule has 0 aliphatic carbocycles. The van der Waals surface area contributed by atoms with Crippen LogP contribution in [0.15, 0.2) is 41.3 Å². The first-order valence-corrected chi connectivity index (χ1v) is 11.4. The fourth-order valence-corrected chi connectivity index (χ4v) is 5.87. The van der Waals surface area contributed by atoms with Crippen LogP contribution < -0.4 is 0 Å². The third kappa shape index (κ3) is 3.43. The molecule has 0 spiro atoms. The van der Waals surface area contributed by atoms with Crippen LogP contribution in [0.1, 0.15) is 34.5 Å². The second-order valence-electron chi connectivity index (χ2n) is 6.91. The molecule has 0 unspecified atom stereocenters. The highest BCUT2D eigenvalue weighted by Crippen LogP contribution is 2.31. The SMILES string of the molecule is Cc1ccc(-c2cc(C(=O)O)c3cc(S(=O)(=O)N4CCCCC4)ccc3n2)s1. The van der Waals surface area contributed by atoms with E-state index in [-0.39, 0.29) is 10.5 Å². The van der Waals surface area contributed by atoms with E-state index in [1.54, 1.807) is 6.07 Å². The maximum absolute atomic E-state index is 13.0. The summed E-state index contributed by atoms with van der Waals surface area (Å²) in [6.07, 6.45) is 2.72. The minimum absolute atomic E-state index is 0.0572. The minimum Gasteiger partial charge on any atom is -0.478 e. The average Bonchev–Trinajstić information content (AvgIpc) is 3.13. The van der Waals surface area contributed by atoms with E-state index >= 15 is 0 Å². The lowest BCUT2D eigenvalue weighted by atomic mass is 10.1. The number of hydrogen-bond acceptors (Lipinski definition) is 5. The number of carboxylic acids is 1. The predicted octanol–water partition coefficient (Wildman–Crippen LogP) is 4.14. The van der Waals surface area contributed by atoms with Gasteiger partial charge in [-0.25, -0.2) is 18.2 Å². The molecule has 1 saturated heterocycles. The molecule has 0 amide bonds. The summed E-state index contributed by atoms with van der Waals surface area (Å²) >= 11 is 1.54. The van der Waals surface area contributed by atoms with Crippen molar-refractivity contribution in [1.29, 1.82) is 0 Å². The van der Waals surface area contributed by atoms with Crippen molar-refractivity contribution < 1.29 is 18.3 Å². The Bertz CT molecular complexity index is 1160. The Balaban J connectivity index is 1.85. The number of aryl methyl sites for hydroxylation is 1. The van der Waals surface area contributed by atoms with Gasteiger partial charge in [-0.2, -0.15) is 4.31 Å². The molecule has 6 nitrogen and oxygen atoms in total. The molecule has 4 rings (SSSR count). The Hall–Kier alpha value is -2.29. The summed E-state index contributed by atoms with van der Waals surface area (Å²) in [5.41, 5.74) is 1.11. The molecular weight excluding hydrogens is 396 g/mol. The number of aromatic nitrogens is 1. The van der Waals surface area contributed by atoms with Crippen molar-refractivity contribution in [2.75, 3.05) is 13.1 Å². The van der Waals surface area contributed by atoms with Crippen LogP contribution in [0.2, 0.25) is 0 Å². The Morgan fingerprint density at radius 2 is 1.86 bits per heavy atom. The van der Waals surface area contributed by atoms with E-state index in [1.165, 1.54) is 33.8 Å². The summed E-state index contributed by atoms with van der Waals surface area (Å²) in [7, 11) is -3.64. The molecule has 146 valence electrons. The predicted molar refractivity (Wildman–Crippen MR) is 109 cm³/mol. The number of thiophene rings is 1. The van der Waals surface area contributed by atoms with Gasteiger partial charge in [-0.05, 0) is 56.2 Å². The van der Waals surface area contributed by atoms with Crippen LogP contribution in [0.3, 0.4) is 0 Å². The van der Waals surface area contributed by atoms with Gasteiger partial charge in [-0.15, -0.1) is 11.3 Å². The molecule has 28 heavy (non-hydrogen) atoms. The zero-order chi connectivity index (χ0) is 19.9. The lowest BCUT2D eigenvalue weighted by Crippen LogP contribution is -2.35. The number of carboxylic acid groups (broad SMARTS) is 1. The molecular formula is C20H20N2O4S2. The number of pyridine rings is 1. The van der Waals surface area contributed by atoms with Gasteiger partial charge in [-0.1, -0.05) is 6.42 Å². The van der Waals surface area contributed by atoms with Gasteiger partial charge in [0, 0.05) is 23.4 Å². The maximum atomic E-state index is 13.0. The van der Waals surface area contributed by atoms with Gasteiger partial charge in [0.2, 0.25) is 10.0 Å². The number of hydrogen-bond donors (Lipinski definition) is 1. The van der Waals surface area contributed by atoms with E-state index in [4.69, 9.17) is 0 Å². The Morgan fingerprint density at radius 3 is 2.50 bits per heavy atom. The monoisotopic (exact) mass is 416 g/mol. The number of nitrogens with zero attached hydrogens (tertiary/aromatic N) is 2. The number of aromatic carboxylic acids is 1. The zero-order valence-electron chi connectivity index (χ0n) is 15.4. The number of carbonyl (C=O) groups is 1. The molecule has 2 aromatic heterocycles. The highest BCUT2D eigenvalue weighted by atomic mass is 32.2. The maximum Gasteiger partial charge on any atom is 0.336 e. The van der Waals surface area contributed by atoms with E-state index in [0.29, 0.717) is 29.7 Å². The van der Waals surface area contributed by atoms with Gasteiger partial charge in [-0.3, -0.25) is 0 Å². The van der Waals surface area contributed by atoms with Crippen LogP contribution in [-0.4, -0.2) is 41.9 Å². The number of sulfonamides is 1. The molecule has 0 atom stereocenters. The first kappa shape index (κ1) is 19.0. The van der Waals surface area contributed by atoms with Gasteiger partial charge in [0.1, 0.15) is 0 Å². The molecule has 3 aromatic rings. The third-order valence-corrected chi connectivity index (χ3v) is 7.87. The highest BCUT2D eigenvalue weighted by Gasteiger charge is 2.27. The van der Waals surface area contributed by atoms with Crippen molar-refractivity contribution in [3.8, 4) is 10.6 Å². The van der Waals surface area contributed by atoms with E-state index in [2.05, 4.69) is 4.98 Å². The van der Waals surface area contributed by atoms with Crippen molar-refractivity contribution in [3.05, 3.63) is 46.8 Å². The van der Waals surface area contributed by atoms with Crippen LogP contribution in [-0.2, 0) is 10.0 Å². The molecule has 1 aromatic carbocycles. The van der Waals surface area contributed by atoms with E-state index < -0.39 is 16.0 Å². The summed E-state index contributed by atoms with van der Waals surface area (Å²) < 4.78 is 27.4. The molecule has 1 N–H and O–H groups in total. The Labute approximate surface area is 167 Å². The molecule has 1 fully saturated rings. The fraction of sp³-hybridized carbons (Fsp3) is 0.300. The fourth-order valence-electron chi connectivity index (χ4n) is 3.50. The number of piperidine rings is 1. The van der Waals surface area contributed by atoms with Crippen LogP contribution in [0, 0.1) is 6.92 Å². The number of fused-ring (bicyclic) bond motifs is 1. The number of benzene rings is 1. The van der Waals surface area contributed by atoms with Crippen LogP contribution in [0.25, 0.3) is 21.5 Å². The number of rotatable bonds is 4. The Morgan fingerprint density at radius 1 is 1.11 bits per heavy atom. The quantitative estimate of drug-likeness (QED) is 0.690. The van der Waals surface area contributed by atoms with Crippen molar-refractivity contribution in [2.24, 2.45) is 0 Å². The normalized spacial score (nSPS) is 15.8. The van der Waals surface area contributed by atoms with Gasteiger partial charge < -0.3 is 5.11 Å². The summed E-state index contributed by atoms with van der Waals surface area (Å²) in [4.78, 5) is 18.6. The molecule has 0 bridgehead atoms. The smallest absolute Gasteiger partial charge is 0.336 e. The van der Waals surface area contributed by atoms with Crippen molar-refractivity contribution in [2.45, 2.75) is 31.1 Å². The second-order valence-corrected chi connectivity index (χ2v) is 10.1. The molecule has 1 aliphatic rings. The molecule has 3 heterocycles. The van der Waals surface area contributed by atoms with Crippen LogP contribution in [0.5, 0.6) is 0 Å². The molecule has 0 radical (unpaired) electrons. The standard InChI is InChI=1S/C20H20N2O4S2/c1-13-5-8-19(27-13)18-12-16(20(23)24)15-11-14(6-7-17(15)21-18)28(25,26)22-9-3-2-4-10-22/h5-8,11-12H,2-4,9-10H2,1H3,(H,23,24). The molecule has 1 aliphatic heterocycles. The summed E-state index contributed by atoms with van der Waals surface area (Å²) in [5.74, 6) is -1.10. The van der Waals surface area contributed by atoms with Crippen molar-refractivity contribution in [1.82, 2.24) is 9.29 Å². The average molecular weight is 417 g/mol. The minimum atomic E-state index is -3.64. The lowest BCUT2D eigenvalue weighted by molar-refractivity contribution is 0.0699. The summed E-state index contributed by atoms with van der Waals surface area (Å²) in [5, 5.41) is 10.1. The van der Waals surface area contributed by atoms with Crippen LogP contribution >= 0.6 is 11.3 Å². The third-order valence-electron chi connectivity index (χ3n) is 4.96. The van der Waals surface area contributed by atoms with Crippen molar-refractivity contribution >= 4 is 38.2 Å². The highest BCUT2D eigenvalue weighted by molar-refractivity contribution is 7.89. The zero-order valence-corrected chi connectivity index (χ0v) is 17.0. The van der Waals surface area contributed by atoms with E-state index in [1.807, 2.05) is 19.1 Å². The van der Waals surface area contributed by atoms with Crippen LogP contribution in [0.4, 0.5) is 0 Å². The first-order valence-electron chi connectivity index (χ1n) is 9.11. The molecule has 0 saturated carbocycles. The topological polar surface area (TPSA) is 87.6 Å². The van der Waals surface area contributed by atoms with E-state index in [9.17, 15) is 18.3 Å². The van der Waals surface area contributed by atoms with Gasteiger partial charge in [0.15, 0.2) is 0 Å². The second kappa shape index (κ2) is 7.27. The van der Waals surface area contributed by atoms with Crippen molar-refractivity contribution in [3.63, 3.8) is 0 Å². The summed E-state index contributed by atoms with van der Waals surface area (Å²) in [6, 6.07) is 9.96. The van der Waals surface area contributed by atoms with Gasteiger partial charge in [0.25, 0.3) is 0 Å². The summed E-state index contributed by atoms with van der Waals surface area (Å²) in [6.45, 7) is 2.98. The molecule has 8 heteroatoms. The van der Waals surface area contributed by atoms with Gasteiger partial charge in [0.05, 0.1) is 26.5 Å². The van der Waals surface area contributed by atoms with E-state index in [0.717, 1.165) is 29.0 Å². The largest absolute Gasteiger partial charge is 0.478 e. The Kier molecular flexibility index (Phi) is 4.95. The lowest BCUT2D eigenvalue weighted by Gasteiger charge is -2.26.